The minimum absolute atomic E-state index is 0.463. The van der Waals surface area contributed by atoms with E-state index >= 15 is 0 Å². The monoisotopic (exact) mass is 349 g/mol. The highest BCUT2D eigenvalue weighted by Gasteiger charge is 2.11. The highest BCUT2D eigenvalue weighted by molar-refractivity contribution is 9.10. The van der Waals surface area contributed by atoms with Crippen molar-refractivity contribution in [2.75, 3.05) is 25.6 Å². The molecule has 0 aliphatic heterocycles. The Morgan fingerprint density at radius 3 is 2.48 bits per heavy atom. The van der Waals surface area contributed by atoms with Crippen molar-refractivity contribution in [3.63, 3.8) is 0 Å². The Kier molecular flexibility index (Phi) is 5.65. The zero-order valence-electron chi connectivity index (χ0n) is 12.3. The van der Waals surface area contributed by atoms with Crippen molar-refractivity contribution in [1.82, 2.24) is 0 Å². The Hall–Kier alpha value is -1.52. The van der Waals surface area contributed by atoms with Gasteiger partial charge in [-0.05, 0) is 36.2 Å². The van der Waals surface area contributed by atoms with Crippen LogP contribution in [0.15, 0.2) is 53.0 Å². The molecule has 0 saturated heterocycles. The summed E-state index contributed by atoms with van der Waals surface area (Å²) in [6, 6.07) is 15.7. The molecule has 0 aliphatic carbocycles. The molecule has 0 aliphatic rings. The summed E-state index contributed by atoms with van der Waals surface area (Å²) in [6.45, 7) is 0.748. The van der Waals surface area contributed by atoms with Gasteiger partial charge in [0.25, 0.3) is 0 Å². The quantitative estimate of drug-likeness (QED) is 0.854. The number of aliphatic hydroxyl groups is 1. The van der Waals surface area contributed by atoms with Crippen LogP contribution in [0.4, 0.5) is 5.69 Å². The SMILES string of the molecule is COc1ccccc1N(C)CCC(O)c1ccc(Br)cc1. The van der Waals surface area contributed by atoms with Crippen LogP contribution in [-0.4, -0.2) is 25.8 Å². The molecule has 1 atom stereocenters. The van der Waals surface area contributed by atoms with Crippen molar-refractivity contribution in [1.29, 1.82) is 0 Å². The molecule has 112 valence electrons. The minimum atomic E-state index is -0.463. The summed E-state index contributed by atoms with van der Waals surface area (Å²) in [7, 11) is 3.68. The van der Waals surface area contributed by atoms with E-state index < -0.39 is 6.10 Å². The Morgan fingerprint density at radius 1 is 1.14 bits per heavy atom. The third kappa shape index (κ3) is 4.22. The summed E-state index contributed by atoms with van der Waals surface area (Å²) in [4.78, 5) is 2.10. The van der Waals surface area contributed by atoms with Crippen molar-refractivity contribution in [2.24, 2.45) is 0 Å². The zero-order valence-corrected chi connectivity index (χ0v) is 13.9. The smallest absolute Gasteiger partial charge is 0.142 e. The fourth-order valence-electron chi connectivity index (χ4n) is 2.23. The van der Waals surface area contributed by atoms with E-state index in [-0.39, 0.29) is 0 Å². The predicted octanol–water partition coefficient (Wildman–Crippen LogP) is 4.02. The van der Waals surface area contributed by atoms with Crippen LogP contribution < -0.4 is 9.64 Å². The fourth-order valence-corrected chi connectivity index (χ4v) is 2.50. The number of nitrogens with zero attached hydrogens (tertiary/aromatic N) is 1. The molecule has 0 fully saturated rings. The molecule has 2 rings (SSSR count). The normalized spacial score (nSPS) is 12.0. The molecule has 0 heterocycles. The highest BCUT2D eigenvalue weighted by Crippen LogP contribution is 2.27. The largest absolute Gasteiger partial charge is 0.495 e. The summed E-state index contributed by atoms with van der Waals surface area (Å²) in [5.74, 6) is 0.845. The molecular formula is C17H20BrNO2. The number of methoxy groups -OCH3 is 1. The first-order chi connectivity index (χ1) is 10.1. The van der Waals surface area contributed by atoms with Crippen molar-refractivity contribution in [3.8, 4) is 5.75 Å². The van der Waals surface area contributed by atoms with Crippen LogP contribution in [0.2, 0.25) is 0 Å². The molecule has 2 aromatic carbocycles. The van der Waals surface area contributed by atoms with Gasteiger partial charge in [0.05, 0.1) is 18.9 Å². The molecule has 1 N–H and O–H groups in total. The molecule has 21 heavy (non-hydrogen) atoms. The Bertz CT molecular complexity index is 571. The summed E-state index contributed by atoms with van der Waals surface area (Å²) >= 11 is 3.40. The maximum absolute atomic E-state index is 10.3. The lowest BCUT2D eigenvalue weighted by atomic mass is 10.1. The number of para-hydroxylation sites is 2. The number of aliphatic hydroxyl groups excluding tert-OH is 1. The van der Waals surface area contributed by atoms with Crippen LogP contribution in [-0.2, 0) is 0 Å². The highest BCUT2D eigenvalue weighted by atomic mass is 79.9. The van der Waals surface area contributed by atoms with Crippen molar-refractivity contribution < 1.29 is 9.84 Å². The number of anilines is 1. The molecule has 2 aromatic rings. The van der Waals surface area contributed by atoms with E-state index in [0.29, 0.717) is 6.42 Å². The second kappa shape index (κ2) is 7.48. The Labute approximate surface area is 134 Å². The zero-order chi connectivity index (χ0) is 15.2. The van der Waals surface area contributed by atoms with Crippen LogP contribution in [0.1, 0.15) is 18.1 Å². The third-order valence-electron chi connectivity index (χ3n) is 3.49. The van der Waals surface area contributed by atoms with E-state index in [1.807, 2.05) is 55.6 Å². The molecule has 0 aromatic heterocycles. The van der Waals surface area contributed by atoms with Gasteiger partial charge in [0.2, 0.25) is 0 Å². The lowest BCUT2D eigenvalue weighted by Gasteiger charge is -2.23. The average molecular weight is 350 g/mol. The van der Waals surface area contributed by atoms with Gasteiger partial charge in [-0.2, -0.15) is 0 Å². The third-order valence-corrected chi connectivity index (χ3v) is 4.02. The standard InChI is InChI=1S/C17H20BrNO2/c1-19(15-5-3-4-6-17(15)21-2)12-11-16(20)13-7-9-14(18)10-8-13/h3-10,16,20H,11-12H2,1-2H3. The lowest BCUT2D eigenvalue weighted by Crippen LogP contribution is -2.21. The van der Waals surface area contributed by atoms with E-state index in [2.05, 4.69) is 20.8 Å². The molecule has 0 bridgehead atoms. The van der Waals surface area contributed by atoms with Crippen LogP contribution in [0.25, 0.3) is 0 Å². The van der Waals surface area contributed by atoms with E-state index in [1.165, 1.54) is 0 Å². The first-order valence-corrected chi connectivity index (χ1v) is 7.69. The van der Waals surface area contributed by atoms with E-state index in [1.54, 1.807) is 7.11 Å². The molecule has 0 radical (unpaired) electrons. The van der Waals surface area contributed by atoms with E-state index in [9.17, 15) is 5.11 Å². The van der Waals surface area contributed by atoms with E-state index in [4.69, 9.17) is 4.74 Å². The van der Waals surface area contributed by atoms with Crippen LogP contribution >= 0.6 is 15.9 Å². The first-order valence-electron chi connectivity index (χ1n) is 6.89. The number of halogens is 1. The summed E-state index contributed by atoms with van der Waals surface area (Å²) in [5, 5.41) is 10.3. The summed E-state index contributed by atoms with van der Waals surface area (Å²) in [5.41, 5.74) is 1.97. The van der Waals surface area contributed by atoms with Crippen molar-refractivity contribution in [3.05, 3.63) is 58.6 Å². The fraction of sp³-hybridized carbons (Fsp3) is 0.294. The molecule has 1 unspecified atom stereocenters. The predicted molar refractivity (Wildman–Crippen MR) is 90.0 cm³/mol. The maximum Gasteiger partial charge on any atom is 0.142 e. The van der Waals surface area contributed by atoms with Gasteiger partial charge >= 0.3 is 0 Å². The number of ether oxygens (including phenoxy) is 1. The second-order valence-corrected chi connectivity index (χ2v) is 5.87. The summed E-state index contributed by atoms with van der Waals surface area (Å²) < 4.78 is 6.38. The van der Waals surface area contributed by atoms with E-state index in [0.717, 1.165) is 28.0 Å². The first kappa shape index (κ1) is 15.9. The van der Waals surface area contributed by atoms with Gasteiger partial charge < -0.3 is 14.7 Å². The lowest BCUT2D eigenvalue weighted by molar-refractivity contribution is 0.169. The van der Waals surface area contributed by atoms with Crippen LogP contribution in [0.5, 0.6) is 5.75 Å². The van der Waals surface area contributed by atoms with Gasteiger partial charge in [0.1, 0.15) is 5.75 Å². The van der Waals surface area contributed by atoms with Crippen molar-refractivity contribution >= 4 is 21.6 Å². The van der Waals surface area contributed by atoms with Gasteiger partial charge in [-0.3, -0.25) is 0 Å². The number of rotatable bonds is 6. The van der Waals surface area contributed by atoms with Gasteiger partial charge in [0, 0.05) is 18.1 Å². The summed E-state index contributed by atoms with van der Waals surface area (Å²) in [6.07, 6.45) is 0.200. The second-order valence-electron chi connectivity index (χ2n) is 4.95. The minimum Gasteiger partial charge on any atom is -0.495 e. The van der Waals surface area contributed by atoms with Gasteiger partial charge in [-0.25, -0.2) is 0 Å². The van der Waals surface area contributed by atoms with Crippen LogP contribution in [0, 0.1) is 0 Å². The number of hydrogen-bond donors (Lipinski definition) is 1. The van der Waals surface area contributed by atoms with Crippen LogP contribution in [0.3, 0.4) is 0 Å². The molecule has 4 heteroatoms. The number of hydrogen-bond acceptors (Lipinski definition) is 3. The van der Waals surface area contributed by atoms with Gasteiger partial charge in [0.15, 0.2) is 0 Å². The molecule has 0 spiro atoms. The molecule has 0 amide bonds. The molecule has 0 saturated carbocycles. The Balaban J connectivity index is 1.97. The van der Waals surface area contributed by atoms with Gasteiger partial charge in [-0.15, -0.1) is 0 Å². The topological polar surface area (TPSA) is 32.7 Å². The van der Waals surface area contributed by atoms with Crippen molar-refractivity contribution in [2.45, 2.75) is 12.5 Å². The Morgan fingerprint density at radius 2 is 1.81 bits per heavy atom. The molecule has 3 nitrogen and oxygen atoms in total. The average Bonchev–Trinajstić information content (AvgIpc) is 2.52. The maximum atomic E-state index is 10.3. The van der Waals surface area contributed by atoms with Gasteiger partial charge in [-0.1, -0.05) is 40.2 Å². The number of benzene rings is 2. The molecular weight excluding hydrogens is 330 g/mol.